The van der Waals surface area contributed by atoms with E-state index in [4.69, 9.17) is 16.3 Å². The number of halogens is 1. The zero-order chi connectivity index (χ0) is 12.4. The highest BCUT2D eigenvalue weighted by molar-refractivity contribution is 6.31. The van der Waals surface area contributed by atoms with E-state index < -0.39 is 0 Å². The van der Waals surface area contributed by atoms with Crippen LogP contribution >= 0.6 is 11.6 Å². The van der Waals surface area contributed by atoms with Crippen LogP contribution in [0.2, 0.25) is 5.02 Å². The lowest BCUT2D eigenvalue weighted by Crippen LogP contribution is -2.03. The van der Waals surface area contributed by atoms with Crippen LogP contribution in [0.5, 0.6) is 0 Å². The summed E-state index contributed by atoms with van der Waals surface area (Å²) in [7, 11) is 0. The van der Waals surface area contributed by atoms with Crippen LogP contribution < -0.4 is 0 Å². The SMILES string of the molecule is CCOC(=O)c1cc(CC)n2ccc(Cl)cc12. The molecular weight excluding hydrogens is 238 g/mol. The van der Waals surface area contributed by atoms with Crippen molar-refractivity contribution in [3.05, 3.63) is 40.7 Å². The summed E-state index contributed by atoms with van der Waals surface area (Å²) in [6.07, 6.45) is 2.72. The fourth-order valence-corrected chi connectivity index (χ4v) is 2.05. The molecule has 0 fully saturated rings. The molecule has 0 unspecified atom stereocenters. The van der Waals surface area contributed by atoms with Crippen LogP contribution in [0.3, 0.4) is 0 Å². The van der Waals surface area contributed by atoms with Crippen LogP contribution in [-0.2, 0) is 11.2 Å². The summed E-state index contributed by atoms with van der Waals surface area (Å²) >= 11 is 5.96. The predicted molar refractivity (Wildman–Crippen MR) is 67.7 cm³/mol. The molecule has 0 atom stereocenters. The lowest BCUT2D eigenvalue weighted by Gasteiger charge is -2.02. The molecule has 0 saturated carbocycles. The molecule has 0 aromatic carbocycles. The quantitative estimate of drug-likeness (QED) is 0.784. The van der Waals surface area contributed by atoms with E-state index in [1.54, 1.807) is 13.0 Å². The van der Waals surface area contributed by atoms with Gasteiger partial charge in [-0.05, 0) is 31.5 Å². The Hall–Kier alpha value is -1.48. The number of fused-ring (bicyclic) bond motifs is 1. The van der Waals surface area contributed by atoms with Gasteiger partial charge >= 0.3 is 5.97 Å². The molecule has 0 spiro atoms. The van der Waals surface area contributed by atoms with E-state index in [1.807, 2.05) is 29.7 Å². The summed E-state index contributed by atoms with van der Waals surface area (Å²) in [5.41, 5.74) is 2.44. The van der Waals surface area contributed by atoms with Crippen LogP contribution in [0.15, 0.2) is 24.4 Å². The molecule has 0 amide bonds. The van der Waals surface area contributed by atoms with Crippen molar-refractivity contribution in [3.8, 4) is 0 Å². The lowest BCUT2D eigenvalue weighted by atomic mass is 10.2. The molecule has 0 bridgehead atoms. The Bertz CT molecular complexity index is 560. The third-order valence-electron chi connectivity index (χ3n) is 2.67. The molecule has 3 nitrogen and oxygen atoms in total. The number of hydrogen-bond donors (Lipinski definition) is 0. The zero-order valence-electron chi connectivity index (χ0n) is 9.87. The molecule has 4 heteroatoms. The molecule has 0 aliphatic heterocycles. The molecule has 2 rings (SSSR count). The molecule has 0 aliphatic carbocycles. The number of pyridine rings is 1. The Morgan fingerprint density at radius 2 is 2.18 bits per heavy atom. The third-order valence-corrected chi connectivity index (χ3v) is 2.91. The first kappa shape index (κ1) is 12.0. The number of hydrogen-bond acceptors (Lipinski definition) is 2. The van der Waals surface area contributed by atoms with E-state index >= 15 is 0 Å². The van der Waals surface area contributed by atoms with Gasteiger partial charge in [-0.15, -0.1) is 0 Å². The van der Waals surface area contributed by atoms with Crippen molar-refractivity contribution in [2.75, 3.05) is 6.61 Å². The second-order valence-corrected chi connectivity index (χ2v) is 4.16. The largest absolute Gasteiger partial charge is 0.462 e. The zero-order valence-corrected chi connectivity index (χ0v) is 10.6. The Labute approximate surface area is 105 Å². The van der Waals surface area contributed by atoms with E-state index in [9.17, 15) is 4.79 Å². The summed E-state index contributed by atoms with van der Waals surface area (Å²) in [4.78, 5) is 11.8. The standard InChI is InChI=1S/C13H14ClNO2/c1-3-10-8-11(13(16)17-4-2)12-7-9(14)5-6-15(10)12/h5-8H,3-4H2,1-2H3. The average Bonchev–Trinajstić information content (AvgIpc) is 2.67. The smallest absolute Gasteiger partial charge is 0.340 e. The lowest BCUT2D eigenvalue weighted by molar-refractivity contribution is 0.0529. The van der Waals surface area contributed by atoms with Gasteiger partial charge < -0.3 is 9.14 Å². The second-order valence-electron chi connectivity index (χ2n) is 3.72. The fourth-order valence-electron chi connectivity index (χ4n) is 1.89. The highest BCUT2D eigenvalue weighted by Crippen LogP contribution is 2.22. The Morgan fingerprint density at radius 3 is 2.82 bits per heavy atom. The van der Waals surface area contributed by atoms with Crippen molar-refractivity contribution in [2.24, 2.45) is 0 Å². The van der Waals surface area contributed by atoms with Gasteiger partial charge in [0.2, 0.25) is 0 Å². The summed E-state index contributed by atoms with van der Waals surface area (Å²) in [5.74, 6) is -0.299. The molecule has 0 saturated heterocycles. The van der Waals surface area contributed by atoms with Crippen molar-refractivity contribution in [1.29, 1.82) is 0 Å². The molecular formula is C13H14ClNO2. The van der Waals surface area contributed by atoms with Gasteiger partial charge in [-0.3, -0.25) is 0 Å². The summed E-state index contributed by atoms with van der Waals surface area (Å²) in [6, 6.07) is 5.46. The summed E-state index contributed by atoms with van der Waals surface area (Å²) < 4.78 is 7.01. The molecule has 0 N–H and O–H groups in total. The first-order valence-electron chi connectivity index (χ1n) is 5.64. The third kappa shape index (κ3) is 2.15. The van der Waals surface area contributed by atoms with Crippen LogP contribution in [0, 0.1) is 0 Å². The number of aryl methyl sites for hydroxylation is 1. The van der Waals surface area contributed by atoms with Gasteiger partial charge in [0.15, 0.2) is 0 Å². The van der Waals surface area contributed by atoms with Crippen molar-refractivity contribution >= 4 is 23.1 Å². The average molecular weight is 252 g/mol. The minimum absolute atomic E-state index is 0.299. The molecule has 90 valence electrons. The Morgan fingerprint density at radius 1 is 1.41 bits per heavy atom. The summed E-state index contributed by atoms with van der Waals surface area (Å²) in [5, 5.41) is 0.615. The monoisotopic (exact) mass is 251 g/mol. The first-order valence-corrected chi connectivity index (χ1v) is 6.01. The van der Waals surface area contributed by atoms with Gasteiger partial charge in [-0.2, -0.15) is 0 Å². The maximum Gasteiger partial charge on any atom is 0.340 e. The predicted octanol–water partition coefficient (Wildman–Crippen LogP) is 3.33. The van der Waals surface area contributed by atoms with Crippen molar-refractivity contribution in [1.82, 2.24) is 4.40 Å². The molecule has 2 aromatic rings. The highest BCUT2D eigenvalue weighted by Gasteiger charge is 2.15. The number of rotatable bonds is 3. The number of carbonyl (C=O) groups excluding carboxylic acids is 1. The van der Waals surface area contributed by atoms with E-state index in [0.29, 0.717) is 17.2 Å². The van der Waals surface area contributed by atoms with E-state index in [0.717, 1.165) is 17.6 Å². The van der Waals surface area contributed by atoms with Crippen LogP contribution in [0.1, 0.15) is 29.9 Å². The van der Waals surface area contributed by atoms with Gasteiger partial charge in [0.25, 0.3) is 0 Å². The minimum Gasteiger partial charge on any atom is -0.462 e. The van der Waals surface area contributed by atoms with E-state index in [-0.39, 0.29) is 5.97 Å². The summed E-state index contributed by atoms with van der Waals surface area (Å²) in [6.45, 7) is 4.22. The van der Waals surface area contributed by atoms with E-state index in [2.05, 4.69) is 0 Å². The molecule has 2 aromatic heterocycles. The number of ether oxygens (including phenoxy) is 1. The Kier molecular flexibility index (Phi) is 3.38. The number of carbonyl (C=O) groups is 1. The molecule has 17 heavy (non-hydrogen) atoms. The van der Waals surface area contributed by atoms with Crippen molar-refractivity contribution < 1.29 is 9.53 Å². The highest BCUT2D eigenvalue weighted by atomic mass is 35.5. The fraction of sp³-hybridized carbons (Fsp3) is 0.308. The van der Waals surface area contributed by atoms with Gasteiger partial charge in [0.05, 0.1) is 17.7 Å². The second kappa shape index (κ2) is 4.80. The van der Waals surface area contributed by atoms with Gasteiger partial charge in [-0.1, -0.05) is 18.5 Å². The maximum absolute atomic E-state index is 11.8. The minimum atomic E-state index is -0.299. The first-order chi connectivity index (χ1) is 8.17. The van der Waals surface area contributed by atoms with Crippen LogP contribution in [0.25, 0.3) is 5.52 Å². The topological polar surface area (TPSA) is 30.7 Å². The molecule has 0 radical (unpaired) electrons. The maximum atomic E-state index is 11.8. The van der Waals surface area contributed by atoms with Gasteiger partial charge in [0.1, 0.15) is 0 Å². The van der Waals surface area contributed by atoms with E-state index in [1.165, 1.54) is 0 Å². The Balaban J connectivity index is 2.62. The molecule has 2 heterocycles. The van der Waals surface area contributed by atoms with Crippen LogP contribution in [-0.4, -0.2) is 17.0 Å². The van der Waals surface area contributed by atoms with Crippen molar-refractivity contribution in [2.45, 2.75) is 20.3 Å². The van der Waals surface area contributed by atoms with Gasteiger partial charge in [0, 0.05) is 16.9 Å². The molecule has 0 aliphatic rings. The van der Waals surface area contributed by atoms with Crippen molar-refractivity contribution in [3.63, 3.8) is 0 Å². The number of nitrogens with zero attached hydrogens (tertiary/aromatic N) is 1. The number of aromatic nitrogens is 1. The number of esters is 1. The van der Waals surface area contributed by atoms with Crippen LogP contribution in [0.4, 0.5) is 0 Å². The normalized spacial score (nSPS) is 10.8. The van der Waals surface area contributed by atoms with Gasteiger partial charge in [-0.25, -0.2) is 4.79 Å².